The first kappa shape index (κ1) is 26.6. The Morgan fingerprint density at radius 3 is 2.53 bits per heavy atom. The molecule has 0 aromatic heterocycles. The van der Waals surface area contributed by atoms with Gasteiger partial charge in [0, 0.05) is 18.5 Å². The molecule has 1 heterocycles. The number of nitrogens with one attached hydrogen (secondary N) is 1. The lowest BCUT2D eigenvalue weighted by Gasteiger charge is -2.24. The standard InChI is InChI=1S/C23H25N5O7S/c1-4-7-14(2)26-22(30)20(36-23(26)25-16-8-5-6-9-18(16)27(31)32)13-21(29)24-17-11-10-15(35-3)12-19(17)28(33)34/h5-6,8-12,14,20H,4,7,13H2,1-3H3,(H,24,29)/t14-,20-/m0/s1. The minimum atomic E-state index is -0.844. The number of nitrogens with zero attached hydrogens (tertiary/aromatic N) is 4. The maximum Gasteiger partial charge on any atom is 0.296 e. The van der Waals surface area contributed by atoms with Crippen molar-refractivity contribution in [2.24, 2.45) is 4.99 Å². The second-order valence-corrected chi connectivity index (χ2v) is 9.16. The van der Waals surface area contributed by atoms with Crippen molar-refractivity contribution in [3.8, 4) is 5.75 Å². The molecule has 2 amide bonds. The Morgan fingerprint density at radius 1 is 1.19 bits per heavy atom. The topological polar surface area (TPSA) is 157 Å². The summed E-state index contributed by atoms with van der Waals surface area (Å²) in [7, 11) is 1.37. The first-order valence-electron chi connectivity index (χ1n) is 11.1. The number of aliphatic imine (C=N–C) groups is 1. The zero-order chi connectivity index (χ0) is 26.4. The number of amidine groups is 1. The molecule has 0 spiro atoms. The summed E-state index contributed by atoms with van der Waals surface area (Å²) in [5.41, 5.74) is -0.462. The zero-order valence-electron chi connectivity index (χ0n) is 19.9. The summed E-state index contributed by atoms with van der Waals surface area (Å²) in [5.74, 6) is -0.681. The molecule has 2 aromatic rings. The van der Waals surface area contributed by atoms with Crippen LogP contribution in [0.2, 0.25) is 0 Å². The van der Waals surface area contributed by atoms with Crippen molar-refractivity contribution in [2.75, 3.05) is 12.4 Å². The van der Waals surface area contributed by atoms with Gasteiger partial charge in [-0.15, -0.1) is 0 Å². The quantitative estimate of drug-likeness (QED) is 0.353. The predicted octanol–water partition coefficient (Wildman–Crippen LogP) is 4.66. The van der Waals surface area contributed by atoms with Crippen LogP contribution in [0, 0.1) is 20.2 Å². The molecule has 3 rings (SSSR count). The maximum atomic E-state index is 13.3. The second kappa shape index (κ2) is 11.6. The number of hydrogen-bond donors (Lipinski definition) is 1. The van der Waals surface area contributed by atoms with Crippen molar-refractivity contribution in [3.05, 3.63) is 62.7 Å². The SMILES string of the molecule is CCC[C@H](C)N1C(=O)[C@H](CC(=O)Nc2ccc(OC)cc2[N+](=O)[O-])SC1=Nc1ccccc1[N+](=O)[O-]. The molecule has 1 aliphatic rings. The Morgan fingerprint density at radius 2 is 1.89 bits per heavy atom. The van der Waals surface area contributed by atoms with E-state index >= 15 is 0 Å². The van der Waals surface area contributed by atoms with Gasteiger partial charge in [-0.1, -0.05) is 37.2 Å². The number of anilines is 1. The van der Waals surface area contributed by atoms with Crippen LogP contribution < -0.4 is 10.1 Å². The van der Waals surface area contributed by atoms with Crippen LogP contribution in [0.3, 0.4) is 0 Å². The number of thioether (sulfide) groups is 1. The molecular formula is C23H25N5O7S. The monoisotopic (exact) mass is 515 g/mol. The van der Waals surface area contributed by atoms with Crippen LogP contribution in [0.5, 0.6) is 5.75 Å². The molecule has 12 nitrogen and oxygen atoms in total. The Labute approximate surface area is 211 Å². The fourth-order valence-corrected chi connectivity index (χ4v) is 4.96. The lowest BCUT2D eigenvalue weighted by atomic mass is 10.1. The van der Waals surface area contributed by atoms with Crippen LogP contribution in [0.15, 0.2) is 47.5 Å². The lowest BCUT2D eigenvalue weighted by molar-refractivity contribution is -0.384. The van der Waals surface area contributed by atoms with E-state index in [0.717, 1.165) is 18.2 Å². The van der Waals surface area contributed by atoms with Crippen molar-refractivity contribution in [2.45, 2.75) is 44.4 Å². The number of methoxy groups -OCH3 is 1. The number of ether oxygens (including phenoxy) is 1. The molecule has 13 heteroatoms. The fourth-order valence-electron chi connectivity index (χ4n) is 3.73. The van der Waals surface area contributed by atoms with Crippen LogP contribution >= 0.6 is 11.8 Å². The van der Waals surface area contributed by atoms with Crippen molar-refractivity contribution < 1.29 is 24.2 Å². The number of benzene rings is 2. The van der Waals surface area contributed by atoms with Crippen LogP contribution in [-0.4, -0.2) is 50.1 Å². The van der Waals surface area contributed by atoms with Gasteiger partial charge >= 0.3 is 0 Å². The molecule has 2 aromatic carbocycles. The number of hydrogen-bond acceptors (Lipinski definition) is 9. The van der Waals surface area contributed by atoms with E-state index in [1.165, 1.54) is 48.4 Å². The van der Waals surface area contributed by atoms with E-state index in [9.17, 15) is 29.8 Å². The van der Waals surface area contributed by atoms with Gasteiger partial charge in [0.25, 0.3) is 11.4 Å². The number of nitro benzene ring substituents is 2. The average Bonchev–Trinajstić information content (AvgIpc) is 3.13. The van der Waals surface area contributed by atoms with Gasteiger partial charge in [-0.3, -0.25) is 34.7 Å². The number of carbonyl (C=O) groups is 2. The molecule has 1 saturated heterocycles. The minimum absolute atomic E-state index is 0.0220. The molecule has 1 N–H and O–H groups in total. The maximum absolute atomic E-state index is 13.3. The zero-order valence-corrected chi connectivity index (χ0v) is 20.7. The molecule has 0 saturated carbocycles. The number of amides is 2. The van der Waals surface area contributed by atoms with Gasteiger partial charge in [0.05, 0.1) is 23.0 Å². The Balaban J connectivity index is 1.86. The van der Waals surface area contributed by atoms with E-state index in [-0.39, 0.29) is 52.0 Å². The first-order chi connectivity index (χ1) is 17.2. The van der Waals surface area contributed by atoms with E-state index in [1.807, 2.05) is 13.8 Å². The summed E-state index contributed by atoms with van der Waals surface area (Å²) in [6.07, 6.45) is 1.19. The molecule has 2 atom stereocenters. The smallest absolute Gasteiger partial charge is 0.296 e. The summed E-state index contributed by atoms with van der Waals surface area (Å²) in [6.45, 7) is 3.82. The highest BCUT2D eigenvalue weighted by atomic mass is 32.2. The summed E-state index contributed by atoms with van der Waals surface area (Å²) >= 11 is 1.04. The Bertz CT molecular complexity index is 1220. The molecule has 0 radical (unpaired) electrons. The normalized spacial score (nSPS) is 17.2. The highest BCUT2D eigenvalue weighted by molar-refractivity contribution is 8.15. The number of carbonyl (C=O) groups excluding carboxylic acids is 2. The van der Waals surface area contributed by atoms with Crippen LogP contribution in [-0.2, 0) is 9.59 Å². The number of rotatable bonds is 10. The molecule has 1 aliphatic heterocycles. The van der Waals surface area contributed by atoms with Gasteiger partial charge in [-0.2, -0.15) is 0 Å². The fraction of sp³-hybridized carbons (Fsp3) is 0.348. The summed E-state index contributed by atoms with van der Waals surface area (Å²) < 4.78 is 5.00. The Hall–Kier alpha value is -4.00. The van der Waals surface area contributed by atoms with E-state index in [4.69, 9.17) is 4.74 Å². The number of para-hydroxylation sites is 2. The molecule has 0 bridgehead atoms. The van der Waals surface area contributed by atoms with E-state index in [1.54, 1.807) is 6.07 Å². The highest BCUT2D eigenvalue weighted by Gasteiger charge is 2.41. The third-order valence-corrected chi connectivity index (χ3v) is 6.61. The van der Waals surface area contributed by atoms with E-state index in [0.29, 0.717) is 6.42 Å². The van der Waals surface area contributed by atoms with Gasteiger partial charge in [0.2, 0.25) is 11.8 Å². The van der Waals surface area contributed by atoms with Gasteiger partial charge in [-0.05, 0) is 31.5 Å². The van der Waals surface area contributed by atoms with Gasteiger partial charge in [0.15, 0.2) is 5.17 Å². The Kier molecular flexibility index (Phi) is 8.59. The third kappa shape index (κ3) is 5.97. The molecule has 190 valence electrons. The minimum Gasteiger partial charge on any atom is -0.496 e. The second-order valence-electron chi connectivity index (χ2n) is 7.99. The van der Waals surface area contributed by atoms with Crippen LogP contribution in [0.4, 0.5) is 22.7 Å². The van der Waals surface area contributed by atoms with Gasteiger partial charge in [0.1, 0.15) is 22.4 Å². The van der Waals surface area contributed by atoms with Crippen LogP contribution in [0.25, 0.3) is 0 Å². The van der Waals surface area contributed by atoms with Crippen LogP contribution in [0.1, 0.15) is 33.1 Å². The number of nitro groups is 2. The third-order valence-electron chi connectivity index (χ3n) is 5.45. The first-order valence-corrected chi connectivity index (χ1v) is 12.0. The summed E-state index contributed by atoms with van der Waals surface area (Å²) in [6, 6.07) is 9.73. The summed E-state index contributed by atoms with van der Waals surface area (Å²) in [5, 5.41) is 24.7. The van der Waals surface area contributed by atoms with Gasteiger partial charge in [-0.25, -0.2) is 4.99 Å². The molecule has 1 fully saturated rings. The lowest BCUT2D eigenvalue weighted by Crippen LogP contribution is -2.40. The van der Waals surface area contributed by atoms with Crippen molar-refractivity contribution in [1.29, 1.82) is 0 Å². The molecule has 36 heavy (non-hydrogen) atoms. The summed E-state index contributed by atoms with van der Waals surface area (Å²) in [4.78, 5) is 53.6. The average molecular weight is 516 g/mol. The molecule has 0 unspecified atom stereocenters. The van der Waals surface area contributed by atoms with Crippen molar-refractivity contribution in [3.63, 3.8) is 0 Å². The van der Waals surface area contributed by atoms with E-state index < -0.39 is 21.0 Å². The van der Waals surface area contributed by atoms with Gasteiger partial charge < -0.3 is 10.1 Å². The largest absolute Gasteiger partial charge is 0.496 e. The predicted molar refractivity (Wildman–Crippen MR) is 136 cm³/mol. The van der Waals surface area contributed by atoms with Crippen molar-refractivity contribution >= 4 is 51.5 Å². The molecule has 0 aliphatic carbocycles. The highest BCUT2D eigenvalue weighted by Crippen LogP contribution is 2.37. The van der Waals surface area contributed by atoms with E-state index in [2.05, 4.69) is 10.3 Å². The van der Waals surface area contributed by atoms with Crippen molar-refractivity contribution in [1.82, 2.24) is 4.90 Å². The molecular weight excluding hydrogens is 490 g/mol.